The summed E-state index contributed by atoms with van der Waals surface area (Å²) in [6, 6.07) is 8.39. The Morgan fingerprint density at radius 1 is 1.47 bits per heavy atom. The number of nitrogens with one attached hydrogen (secondary N) is 1. The zero-order valence-electron chi connectivity index (χ0n) is 8.57. The molecule has 0 unspecified atom stereocenters. The minimum Gasteiger partial charge on any atom is -0.370 e. The predicted octanol–water partition coefficient (Wildman–Crippen LogP) is 1.73. The van der Waals surface area contributed by atoms with Crippen molar-refractivity contribution in [3.05, 3.63) is 34.9 Å². The second-order valence-corrected chi connectivity index (χ2v) is 4.19. The van der Waals surface area contributed by atoms with Crippen molar-refractivity contribution >= 4 is 17.6 Å². The number of nitrogens with zero attached hydrogens (tertiary/aromatic N) is 1. The molecule has 0 bridgehead atoms. The minimum absolute atomic E-state index is 0.426. The second-order valence-electron chi connectivity index (χ2n) is 3.75. The van der Waals surface area contributed by atoms with Crippen molar-refractivity contribution in [2.24, 2.45) is 10.7 Å². The van der Waals surface area contributed by atoms with Gasteiger partial charge in [0.1, 0.15) is 0 Å². The molecule has 3 nitrogen and oxygen atoms in total. The molecule has 1 fully saturated rings. The van der Waals surface area contributed by atoms with Crippen molar-refractivity contribution in [2.45, 2.75) is 18.4 Å². The average molecular weight is 224 g/mol. The molecule has 0 spiro atoms. The quantitative estimate of drug-likeness (QED) is 0.593. The first kappa shape index (κ1) is 10.3. The Hall–Kier alpha value is -1.22. The zero-order chi connectivity index (χ0) is 10.8. The summed E-state index contributed by atoms with van der Waals surface area (Å²) < 4.78 is 0. The summed E-state index contributed by atoms with van der Waals surface area (Å²) in [7, 11) is 1.68. The molecular formula is C11H14ClN3. The highest BCUT2D eigenvalue weighted by atomic mass is 35.5. The average Bonchev–Trinajstić information content (AvgIpc) is 2.98. The van der Waals surface area contributed by atoms with Crippen LogP contribution in [0.3, 0.4) is 0 Å². The number of guanidine groups is 1. The van der Waals surface area contributed by atoms with E-state index in [2.05, 4.69) is 22.4 Å². The lowest BCUT2D eigenvalue weighted by Crippen LogP contribution is -2.33. The molecule has 2 rings (SSSR count). The molecule has 1 saturated carbocycles. The molecule has 2 atom stereocenters. The molecule has 1 aromatic rings. The Labute approximate surface area is 94.3 Å². The first-order chi connectivity index (χ1) is 7.20. The first-order valence-electron chi connectivity index (χ1n) is 4.95. The number of aliphatic imine (C=N–C) groups is 1. The standard InChI is InChI=1S/C11H14ClN3/c1-14-11(13)15-10-6-9(10)7-2-4-8(12)5-3-7/h2-5,9-10H,6H2,1H3,(H3,13,14,15)/t9-,10+/m0/s1. The van der Waals surface area contributed by atoms with Crippen LogP contribution in [0.25, 0.3) is 0 Å². The van der Waals surface area contributed by atoms with Gasteiger partial charge < -0.3 is 11.1 Å². The summed E-state index contributed by atoms with van der Waals surface area (Å²) in [5.41, 5.74) is 6.90. The van der Waals surface area contributed by atoms with E-state index in [4.69, 9.17) is 17.3 Å². The van der Waals surface area contributed by atoms with Crippen molar-refractivity contribution < 1.29 is 0 Å². The van der Waals surface area contributed by atoms with Gasteiger partial charge in [0.25, 0.3) is 0 Å². The van der Waals surface area contributed by atoms with Gasteiger partial charge in [0, 0.05) is 24.0 Å². The fourth-order valence-corrected chi connectivity index (χ4v) is 1.81. The van der Waals surface area contributed by atoms with E-state index in [-0.39, 0.29) is 0 Å². The van der Waals surface area contributed by atoms with Crippen LogP contribution in [0.5, 0.6) is 0 Å². The molecule has 1 aromatic carbocycles. The van der Waals surface area contributed by atoms with E-state index in [1.54, 1.807) is 7.05 Å². The van der Waals surface area contributed by atoms with Gasteiger partial charge in [-0.2, -0.15) is 0 Å². The molecule has 1 aliphatic rings. The van der Waals surface area contributed by atoms with Gasteiger partial charge in [0.15, 0.2) is 5.96 Å². The Morgan fingerprint density at radius 2 is 2.13 bits per heavy atom. The largest absolute Gasteiger partial charge is 0.370 e. The monoisotopic (exact) mass is 223 g/mol. The van der Waals surface area contributed by atoms with Crippen LogP contribution >= 0.6 is 11.6 Å². The minimum atomic E-state index is 0.426. The molecule has 0 amide bonds. The number of benzene rings is 1. The highest BCUT2D eigenvalue weighted by molar-refractivity contribution is 6.30. The third-order valence-corrected chi connectivity index (χ3v) is 2.91. The summed E-state index contributed by atoms with van der Waals surface area (Å²) >= 11 is 5.83. The van der Waals surface area contributed by atoms with E-state index < -0.39 is 0 Å². The van der Waals surface area contributed by atoms with Crippen molar-refractivity contribution in [2.75, 3.05) is 7.05 Å². The number of halogens is 1. The zero-order valence-corrected chi connectivity index (χ0v) is 9.33. The summed E-state index contributed by atoms with van der Waals surface area (Å²) in [5.74, 6) is 1.05. The summed E-state index contributed by atoms with van der Waals surface area (Å²) in [6.45, 7) is 0. The van der Waals surface area contributed by atoms with E-state index in [9.17, 15) is 0 Å². The first-order valence-corrected chi connectivity index (χ1v) is 5.32. The van der Waals surface area contributed by atoms with Crippen LogP contribution in [0.4, 0.5) is 0 Å². The lowest BCUT2D eigenvalue weighted by Gasteiger charge is -2.04. The van der Waals surface area contributed by atoms with Crippen LogP contribution in [0.2, 0.25) is 5.02 Å². The van der Waals surface area contributed by atoms with Crippen molar-refractivity contribution in [1.29, 1.82) is 0 Å². The van der Waals surface area contributed by atoms with Crippen LogP contribution in [0.1, 0.15) is 17.9 Å². The van der Waals surface area contributed by atoms with E-state index in [1.165, 1.54) is 5.56 Å². The van der Waals surface area contributed by atoms with E-state index in [0.29, 0.717) is 17.9 Å². The van der Waals surface area contributed by atoms with Crippen molar-refractivity contribution in [3.8, 4) is 0 Å². The second kappa shape index (κ2) is 4.11. The lowest BCUT2D eigenvalue weighted by atomic mass is 10.1. The van der Waals surface area contributed by atoms with Gasteiger partial charge in [-0.15, -0.1) is 0 Å². The molecule has 0 aromatic heterocycles. The van der Waals surface area contributed by atoms with E-state index >= 15 is 0 Å². The van der Waals surface area contributed by atoms with Crippen LogP contribution in [0.15, 0.2) is 29.3 Å². The highest BCUT2D eigenvalue weighted by Crippen LogP contribution is 2.40. The van der Waals surface area contributed by atoms with Crippen LogP contribution in [0, 0.1) is 0 Å². The van der Waals surface area contributed by atoms with Crippen molar-refractivity contribution in [3.63, 3.8) is 0 Å². The molecule has 0 saturated heterocycles. The maximum absolute atomic E-state index is 5.83. The molecule has 3 N–H and O–H groups in total. The predicted molar refractivity (Wildman–Crippen MR) is 63.3 cm³/mol. The molecule has 4 heteroatoms. The van der Waals surface area contributed by atoms with Crippen molar-refractivity contribution in [1.82, 2.24) is 5.32 Å². The van der Waals surface area contributed by atoms with Gasteiger partial charge in [-0.05, 0) is 24.1 Å². The summed E-state index contributed by atoms with van der Waals surface area (Å²) in [4.78, 5) is 3.87. The summed E-state index contributed by atoms with van der Waals surface area (Å²) in [6.07, 6.45) is 1.11. The molecule has 0 radical (unpaired) electrons. The fourth-order valence-electron chi connectivity index (χ4n) is 1.69. The Morgan fingerprint density at radius 3 is 2.73 bits per heavy atom. The highest BCUT2D eigenvalue weighted by Gasteiger charge is 2.38. The summed E-state index contributed by atoms with van der Waals surface area (Å²) in [5, 5.41) is 3.94. The van der Waals surface area contributed by atoms with Gasteiger partial charge >= 0.3 is 0 Å². The number of nitrogens with two attached hydrogens (primary N) is 1. The molecule has 1 aliphatic carbocycles. The normalized spacial score (nSPS) is 25.1. The van der Waals surface area contributed by atoms with Gasteiger partial charge in [0.05, 0.1) is 0 Å². The molecular weight excluding hydrogens is 210 g/mol. The Kier molecular flexibility index (Phi) is 2.82. The molecule has 0 aliphatic heterocycles. The maximum Gasteiger partial charge on any atom is 0.188 e. The molecule has 0 heterocycles. The smallest absolute Gasteiger partial charge is 0.188 e. The van der Waals surface area contributed by atoms with Gasteiger partial charge in [0.2, 0.25) is 0 Å². The Balaban J connectivity index is 1.96. The molecule has 15 heavy (non-hydrogen) atoms. The number of hydrogen-bond acceptors (Lipinski definition) is 1. The van der Waals surface area contributed by atoms with Gasteiger partial charge in [-0.3, -0.25) is 4.99 Å². The maximum atomic E-state index is 5.83. The number of rotatable bonds is 2. The SMILES string of the molecule is CN=C(N)N[C@@H]1C[C@H]1c1ccc(Cl)cc1. The Bertz CT molecular complexity index is 372. The van der Waals surface area contributed by atoms with Crippen LogP contribution < -0.4 is 11.1 Å². The van der Waals surface area contributed by atoms with E-state index in [1.807, 2.05) is 12.1 Å². The number of hydrogen-bond donors (Lipinski definition) is 2. The topological polar surface area (TPSA) is 50.4 Å². The van der Waals surface area contributed by atoms with E-state index in [0.717, 1.165) is 11.4 Å². The third-order valence-electron chi connectivity index (χ3n) is 2.66. The fraction of sp³-hybridized carbons (Fsp3) is 0.364. The molecule has 80 valence electrons. The lowest BCUT2D eigenvalue weighted by molar-refractivity contribution is 0.857. The van der Waals surface area contributed by atoms with Crippen LogP contribution in [-0.4, -0.2) is 19.0 Å². The third kappa shape index (κ3) is 2.42. The van der Waals surface area contributed by atoms with Gasteiger partial charge in [-0.25, -0.2) is 0 Å². The van der Waals surface area contributed by atoms with Gasteiger partial charge in [-0.1, -0.05) is 23.7 Å². The van der Waals surface area contributed by atoms with Crippen LogP contribution in [-0.2, 0) is 0 Å².